The molecule has 0 spiro atoms. The second-order valence-electron chi connectivity index (χ2n) is 16.0. The van der Waals surface area contributed by atoms with Gasteiger partial charge < -0.3 is 22.9 Å². The quantitative estimate of drug-likeness (QED) is 0.168. The van der Waals surface area contributed by atoms with Gasteiger partial charge in [0, 0.05) is 66.1 Å². The Hall–Kier alpha value is -7.96. The minimum Gasteiger partial charge on any atom is -0.551 e. The summed E-state index contributed by atoms with van der Waals surface area (Å²) in [6.07, 6.45) is 0. The fraction of sp³-hybridized carbons (Fsp3) is 0. The predicted molar refractivity (Wildman–Crippen MR) is 245 cm³/mol. The number of benzene rings is 9. The molecule has 0 saturated heterocycles. The highest BCUT2D eigenvalue weighted by Gasteiger charge is 2.41. The molecule has 0 radical (unpaired) electrons. The fourth-order valence-electron chi connectivity index (χ4n) is 10.2. The average molecular weight is 767 g/mol. The van der Waals surface area contributed by atoms with Crippen molar-refractivity contribution < 1.29 is 13.8 Å². The number of hydrogen-bond acceptors (Lipinski definition) is 3. The van der Waals surface area contributed by atoms with E-state index in [4.69, 9.17) is 13.8 Å². The highest BCUT2D eigenvalue weighted by atomic mass is 16.5. The first-order valence-corrected chi connectivity index (χ1v) is 20.4. The maximum atomic E-state index is 7.08. The molecule has 278 valence electrons. The molecule has 0 amide bonds. The molecule has 0 aliphatic carbocycles. The Morgan fingerprint density at radius 3 is 1.82 bits per heavy atom. The van der Waals surface area contributed by atoms with Crippen LogP contribution in [0.2, 0.25) is 0 Å². The van der Waals surface area contributed by atoms with Crippen molar-refractivity contribution in [1.29, 1.82) is 0 Å². The van der Waals surface area contributed by atoms with E-state index in [9.17, 15) is 0 Å². The van der Waals surface area contributed by atoms with Crippen LogP contribution in [0.3, 0.4) is 0 Å². The molecular formula is C54H31BN2O3. The van der Waals surface area contributed by atoms with Crippen LogP contribution in [-0.2, 0) is 0 Å². The third-order valence-electron chi connectivity index (χ3n) is 12.8. The van der Waals surface area contributed by atoms with Crippen LogP contribution in [0.5, 0.6) is 17.2 Å². The maximum absolute atomic E-state index is 7.08. The third-order valence-corrected chi connectivity index (χ3v) is 12.8. The molecule has 60 heavy (non-hydrogen) atoms. The van der Waals surface area contributed by atoms with Gasteiger partial charge in [-0.25, -0.2) is 0 Å². The van der Waals surface area contributed by atoms with Gasteiger partial charge in [-0.1, -0.05) is 127 Å². The number of fused-ring (bicyclic) bond motifs is 13. The Kier molecular flexibility index (Phi) is 6.31. The largest absolute Gasteiger partial charge is 0.551 e. The van der Waals surface area contributed by atoms with Crippen molar-refractivity contribution in [3.05, 3.63) is 188 Å². The number of aromatic nitrogens is 2. The van der Waals surface area contributed by atoms with Crippen molar-refractivity contribution in [3.63, 3.8) is 0 Å². The number of para-hydroxylation sites is 6. The minimum atomic E-state index is -0.334. The van der Waals surface area contributed by atoms with Gasteiger partial charge >= 0.3 is 6.92 Å². The van der Waals surface area contributed by atoms with E-state index in [2.05, 4.69) is 173 Å². The summed E-state index contributed by atoms with van der Waals surface area (Å²) in [7, 11) is 0. The Bertz CT molecular complexity index is 3760. The Labute approximate surface area is 344 Å². The molecule has 5 heterocycles. The summed E-state index contributed by atoms with van der Waals surface area (Å²) in [5.41, 5.74) is 14.8. The minimum absolute atomic E-state index is 0.334. The number of furan rings is 1. The second-order valence-corrected chi connectivity index (χ2v) is 16.0. The molecule has 0 atom stereocenters. The van der Waals surface area contributed by atoms with Gasteiger partial charge in [0.1, 0.15) is 28.4 Å². The van der Waals surface area contributed by atoms with Crippen molar-refractivity contribution >= 4 is 83.4 Å². The topological polar surface area (TPSA) is 41.5 Å². The molecule has 0 unspecified atom stereocenters. The normalized spacial score (nSPS) is 12.9. The van der Waals surface area contributed by atoms with Crippen molar-refractivity contribution in [1.82, 2.24) is 9.13 Å². The summed E-state index contributed by atoms with van der Waals surface area (Å²) in [4.78, 5) is 0. The fourth-order valence-corrected chi connectivity index (χ4v) is 10.2. The van der Waals surface area contributed by atoms with E-state index in [0.717, 1.165) is 94.8 Å². The maximum Gasteiger partial charge on any atom is 0.434 e. The van der Waals surface area contributed by atoms with Crippen molar-refractivity contribution in [3.8, 4) is 50.9 Å². The Balaban J connectivity index is 1.01. The van der Waals surface area contributed by atoms with E-state index in [0.29, 0.717) is 0 Å². The van der Waals surface area contributed by atoms with Gasteiger partial charge in [-0.05, 0) is 65.7 Å². The molecule has 2 aliphatic rings. The smallest absolute Gasteiger partial charge is 0.434 e. The zero-order valence-electron chi connectivity index (χ0n) is 32.1. The van der Waals surface area contributed by atoms with Crippen LogP contribution < -0.4 is 20.3 Å². The molecule has 14 rings (SSSR count). The molecule has 5 nitrogen and oxygen atoms in total. The van der Waals surface area contributed by atoms with E-state index in [1.54, 1.807) is 0 Å². The summed E-state index contributed by atoms with van der Waals surface area (Å²) >= 11 is 0. The summed E-state index contributed by atoms with van der Waals surface area (Å²) < 4.78 is 25.2. The zero-order valence-corrected chi connectivity index (χ0v) is 32.1. The predicted octanol–water partition coefficient (Wildman–Crippen LogP) is 12.7. The van der Waals surface area contributed by atoms with E-state index in [-0.39, 0.29) is 6.92 Å². The molecule has 0 N–H and O–H groups in total. The van der Waals surface area contributed by atoms with Crippen molar-refractivity contribution in [2.24, 2.45) is 0 Å². The van der Waals surface area contributed by atoms with Gasteiger partial charge in [-0.15, -0.1) is 0 Å². The van der Waals surface area contributed by atoms with Crippen LogP contribution in [0.4, 0.5) is 0 Å². The monoisotopic (exact) mass is 766 g/mol. The van der Waals surface area contributed by atoms with Crippen molar-refractivity contribution in [2.45, 2.75) is 0 Å². The van der Waals surface area contributed by atoms with Crippen molar-refractivity contribution in [2.75, 3.05) is 0 Å². The molecule has 3 aromatic heterocycles. The van der Waals surface area contributed by atoms with Gasteiger partial charge in [-0.2, -0.15) is 0 Å². The molecule has 12 aromatic rings. The molecule has 0 saturated carbocycles. The van der Waals surface area contributed by atoms with Gasteiger partial charge in [0.2, 0.25) is 0 Å². The van der Waals surface area contributed by atoms with Gasteiger partial charge in [0.05, 0.1) is 27.8 Å². The molecule has 9 aromatic carbocycles. The first-order chi connectivity index (χ1) is 29.7. The SMILES string of the molecule is c1ccc2c(c1)Oc1cc(-n3c4ccccc4c4ccc(-n5c6ccccc6c6ccccc65)cc43)cc3c1B2Oc1cc(-c2cccc4c2oc2ccccc24)ccc1-3. The van der Waals surface area contributed by atoms with Crippen LogP contribution >= 0.6 is 0 Å². The lowest BCUT2D eigenvalue weighted by Crippen LogP contribution is -2.53. The highest BCUT2D eigenvalue weighted by molar-refractivity contribution is 6.84. The van der Waals surface area contributed by atoms with Crippen LogP contribution in [-0.4, -0.2) is 16.0 Å². The highest BCUT2D eigenvalue weighted by Crippen LogP contribution is 2.45. The zero-order chi connectivity index (χ0) is 39.1. The first kappa shape index (κ1) is 32.1. The van der Waals surface area contributed by atoms with Crippen LogP contribution in [0, 0.1) is 0 Å². The van der Waals surface area contributed by atoms with Crippen LogP contribution in [0.25, 0.3) is 99.2 Å². The van der Waals surface area contributed by atoms with E-state index >= 15 is 0 Å². The average Bonchev–Trinajstić information content (AvgIpc) is 3.96. The lowest BCUT2D eigenvalue weighted by molar-refractivity contribution is 0.479. The first-order valence-electron chi connectivity index (χ1n) is 20.4. The lowest BCUT2D eigenvalue weighted by Gasteiger charge is -2.33. The van der Waals surface area contributed by atoms with Gasteiger partial charge in [-0.3, -0.25) is 0 Å². The van der Waals surface area contributed by atoms with E-state index in [1.165, 1.54) is 32.6 Å². The molecule has 6 heteroatoms. The Morgan fingerprint density at radius 1 is 0.383 bits per heavy atom. The summed E-state index contributed by atoms with van der Waals surface area (Å²) in [6, 6.07) is 67.0. The van der Waals surface area contributed by atoms with Gasteiger partial charge in [0.25, 0.3) is 0 Å². The summed E-state index contributed by atoms with van der Waals surface area (Å²) in [5.74, 6) is 2.44. The number of rotatable bonds is 3. The lowest BCUT2D eigenvalue weighted by atomic mass is 9.51. The van der Waals surface area contributed by atoms with Crippen LogP contribution in [0.1, 0.15) is 0 Å². The Morgan fingerprint density at radius 2 is 1.03 bits per heavy atom. The standard InChI is InChI=1S/C54H31BN2O3/c1-6-19-45-36(12-1)37-13-2-7-20-46(37)56(45)33-25-27-39-38-14-3-8-21-47(38)57(48(39)30-33)34-29-43-41-26-24-32(35-16-11-17-42-40-15-4-9-22-49(40)59-54(35)42)28-51(41)60-55-44-18-5-10-23-50(44)58-52(31-34)53(43)55/h1-31H. The van der Waals surface area contributed by atoms with Gasteiger partial charge in [0.15, 0.2) is 0 Å². The molecule has 2 aliphatic heterocycles. The third kappa shape index (κ3) is 4.31. The van der Waals surface area contributed by atoms with Crippen LogP contribution in [0.15, 0.2) is 192 Å². The second kappa shape index (κ2) is 11.8. The summed E-state index contributed by atoms with van der Waals surface area (Å²) in [6.45, 7) is -0.334. The molecule has 0 fully saturated rings. The molecular weight excluding hydrogens is 735 g/mol. The summed E-state index contributed by atoms with van der Waals surface area (Å²) in [5, 5.41) is 7.10. The number of nitrogens with zero attached hydrogens (tertiary/aromatic N) is 2. The van der Waals surface area contributed by atoms with E-state index < -0.39 is 0 Å². The molecule has 0 bridgehead atoms. The van der Waals surface area contributed by atoms with E-state index in [1.807, 2.05) is 24.3 Å². The number of ether oxygens (including phenoxy) is 1. The number of hydrogen-bond donors (Lipinski definition) is 0.